The minimum atomic E-state index is -0.521. The molecule has 0 saturated carbocycles. The van der Waals surface area contributed by atoms with E-state index in [1.807, 2.05) is 24.3 Å². The Morgan fingerprint density at radius 1 is 0.444 bits per heavy atom. The van der Waals surface area contributed by atoms with Crippen molar-refractivity contribution >= 4 is 11.0 Å². The van der Waals surface area contributed by atoms with Crippen molar-refractivity contribution in [1.29, 1.82) is 5.26 Å². The van der Waals surface area contributed by atoms with Crippen LogP contribution in [-0.4, -0.2) is 9.55 Å². The molecule has 1 heterocycles. The highest BCUT2D eigenvalue weighted by Gasteiger charge is 2.46. The van der Waals surface area contributed by atoms with Crippen LogP contribution < -0.4 is 0 Å². The molecular weight excluding hydrogens is 655 g/mol. The van der Waals surface area contributed by atoms with Crippen LogP contribution in [0.15, 0.2) is 200 Å². The van der Waals surface area contributed by atoms with E-state index >= 15 is 0 Å². The predicted molar refractivity (Wildman–Crippen MR) is 219 cm³/mol. The standard InChI is InChI=1S/C51H33N3/c52-34-35-24-26-36(27-25-35)43-32-45-42-20-10-11-21-46(42)51(39-14-4-1-5-15-39,40-16-6-2-7-17-40)47(45)33-44(43)37-28-30-38(31-29-37)50-53-48-22-12-13-23-49(48)54(50)41-18-8-3-9-19-41/h1-33H. The topological polar surface area (TPSA) is 41.6 Å². The van der Waals surface area contributed by atoms with Crippen molar-refractivity contribution in [3.05, 3.63) is 228 Å². The number of hydrogen-bond donors (Lipinski definition) is 0. The third kappa shape index (κ3) is 4.85. The van der Waals surface area contributed by atoms with Crippen LogP contribution in [-0.2, 0) is 5.41 Å². The maximum Gasteiger partial charge on any atom is 0.145 e. The van der Waals surface area contributed by atoms with Gasteiger partial charge in [0.15, 0.2) is 0 Å². The van der Waals surface area contributed by atoms with Crippen LogP contribution in [0.2, 0.25) is 0 Å². The molecule has 0 radical (unpaired) electrons. The number of imidazole rings is 1. The smallest absolute Gasteiger partial charge is 0.145 e. The second-order valence-corrected chi connectivity index (χ2v) is 13.8. The first-order valence-electron chi connectivity index (χ1n) is 18.3. The van der Waals surface area contributed by atoms with Crippen molar-refractivity contribution in [1.82, 2.24) is 9.55 Å². The molecule has 10 rings (SSSR count). The Kier molecular flexibility index (Phi) is 7.42. The molecule has 54 heavy (non-hydrogen) atoms. The number of hydrogen-bond acceptors (Lipinski definition) is 2. The van der Waals surface area contributed by atoms with E-state index < -0.39 is 5.41 Å². The van der Waals surface area contributed by atoms with Gasteiger partial charge >= 0.3 is 0 Å². The zero-order chi connectivity index (χ0) is 36.1. The van der Waals surface area contributed by atoms with Gasteiger partial charge in [-0.1, -0.05) is 152 Å². The monoisotopic (exact) mass is 687 g/mol. The molecule has 0 amide bonds. The minimum Gasteiger partial charge on any atom is -0.292 e. The molecule has 0 spiro atoms. The highest BCUT2D eigenvalue weighted by molar-refractivity contribution is 5.95. The Morgan fingerprint density at radius 2 is 0.981 bits per heavy atom. The average Bonchev–Trinajstić information content (AvgIpc) is 3.78. The summed E-state index contributed by atoms with van der Waals surface area (Å²) in [5, 5.41) is 9.64. The van der Waals surface area contributed by atoms with Gasteiger partial charge in [-0.25, -0.2) is 4.98 Å². The summed E-state index contributed by atoms with van der Waals surface area (Å²) in [4.78, 5) is 5.14. The summed E-state index contributed by atoms with van der Waals surface area (Å²) in [5.41, 5.74) is 16.1. The van der Waals surface area contributed by atoms with E-state index in [1.165, 1.54) is 33.4 Å². The summed E-state index contributed by atoms with van der Waals surface area (Å²) in [6, 6.07) is 73.4. The molecule has 1 aromatic heterocycles. The van der Waals surface area contributed by atoms with Crippen molar-refractivity contribution in [2.45, 2.75) is 5.41 Å². The van der Waals surface area contributed by atoms with E-state index in [4.69, 9.17) is 4.98 Å². The van der Waals surface area contributed by atoms with E-state index in [9.17, 15) is 5.26 Å². The Balaban J connectivity index is 1.22. The number of benzene rings is 8. The maximum atomic E-state index is 9.64. The third-order valence-corrected chi connectivity index (χ3v) is 11.0. The summed E-state index contributed by atoms with van der Waals surface area (Å²) in [6.45, 7) is 0. The molecule has 252 valence electrons. The number of para-hydroxylation sites is 3. The number of nitriles is 1. The van der Waals surface area contributed by atoms with E-state index in [2.05, 4.69) is 187 Å². The zero-order valence-corrected chi connectivity index (χ0v) is 29.4. The Labute approximate surface area is 314 Å². The van der Waals surface area contributed by atoms with Gasteiger partial charge in [0, 0.05) is 11.3 Å². The summed E-state index contributed by atoms with van der Waals surface area (Å²) in [7, 11) is 0. The lowest BCUT2D eigenvalue weighted by Gasteiger charge is -2.34. The van der Waals surface area contributed by atoms with Gasteiger partial charge in [0.25, 0.3) is 0 Å². The minimum absolute atomic E-state index is 0.521. The summed E-state index contributed by atoms with van der Waals surface area (Å²) >= 11 is 0. The molecule has 0 saturated heterocycles. The lowest BCUT2D eigenvalue weighted by molar-refractivity contribution is 0.769. The van der Waals surface area contributed by atoms with E-state index in [-0.39, 0.29) is 0 Å². The number of fused-ring (bicyclic) bond motifs is 4. The fraction of sp³-hybridized carbons (Fsp3) is 0.0196. The van der Waals surface area contributed by atoms with Crippen LogP contribution in [0.5, 0.6) is 0 Å². The first-order valence-corrected chi connectivity index (χ1v) is 18.3. The predicted octanol–water partition coefficient (Wildman–Crippen LogP) is 12.3. The highest BCUT2D eigenvalue weighted by Crippen LogP contribution is 2.58. The Bertz CT molecular complexity index is 2810. The Hall–Kier alpha value is -7.28. The summed E-state index contributed by atoms with van der Waals surface area (Å²) in [5.74, 6) is 0.901. The van der Waals surface area contributed by atoms with Gasteiger partial charge < -0.3 is 0 Å². The van der Waals surface area contributed by atoms with Crippen LogP contribution in [0.3, 0.4) is 0 Å². The van der Waals surface area contributed by atoms with Crippen LogP contribution in [0, 0.1) is 11.3 Å². The molecule has 9 aromatic rings. The second kappa shape index (κ2) is 12.7. The lowest BCUT2D eigenvalue weighted by Crippen LogP contribution is -2.28. The number of aromatic nitrogens is 2. The maximum absolute atomic E-state index is 9.64. The number of rotatable bonds is 6. The quantitative estimate of drug-likeness (QED) is 0.175. The first-order chi connectivity index (χ1) is 26.7. The fourth-order valence-corrected chi connectivity index (χ4v) is 8.55. The largest absolute Gasteiger partial charge is 0.292 e. The summed E-state index contributed by atoms with van der Waals surface area (Å²) in [6.07, 6.45) is 0. The lowest BCUT2D eigenvalue weighted by atomic mass is 9.67. The molecule has 0 N–H and O–H groups in total. The average molecular weight is 688 g/mol. The number of nitrogens with zero attached hydrogens (tertiary/aromatic N) is 3. The molecule has 0 atom stereocenters. The molecule has 0 aliphatic heterocycles. The van der Waals surface area contributed by atoms with Gasteiger partial charge in [0.2, 0.25) is 0 Å². The van der Waals surface area contributed by atoms with Gasteiger partial charge in [0.05, 0.1) is 28.1 Å². The van der Waals surface area contributed by atoms with Crippen molar-refractivity contribution in [3.63, 3.8) is 0 Å². The molecule has 0 fully saturated rings. The van der Waals surface area contributed by atoms with Crippen molar-refractivity contribution in [3.8, 4) is 56.5 Å². The third-order valence-electron chi connectivity index (χ3n) is 11.0. The van der Waals surface area contributed by atoms with Crippen LogP contribution in [0.4, 0.5) is 0 Å². The van der Waals surface area contributed by atoms with Gasteiger partial charge in [-0.05, 0) is 104 Å². The van der Waals surface area contributed by atoms with E-state index in [1.54, 1.807) is 0 Å². The van der Waals surface area contributed by atoms with E-state index in [0.29, 0.717) is 5.56 Å². The second-order valence-electron chi connectivity index (χ2n) is 13.8. The molecule has 0 bridgehead atoms. The molecule has 1 aliphatic carbocycles. The zero-order valence-electron chi connectivity index (χ0n) is 29.4. The van der Waals surface area contributed by atoms with Crippen molar-refractivity contribution in [2.75, 3.05) is 0 Å². The van der Waals surface area contributed by atoms with Gasteiger partial charge in [-0.3, -0.25) is 4.57 Å². The Morgan fingerprint density at radius 3 is 1.65 bits per heavy atom. The molecule has 0 unspecified atom stereocenters. The molecule has 1 aliphatic rings. The van der Waals surface area contributed by atoms with E-state index in [0.717, 1.165) is 50.4 Å². The van der Waals surface area contributed by atoms with Crippen LogP contribution in [0.1, 0.15) is 27.8 Å². The molecular formula is C51H33N3. The SMILES string of the molecule is N#Cc1ccc(-c2cc3c(cc2-c2ccc(-c4nc5ccccc5n4-c4ccccc4)cc2)C(c2ccccc2)(c2ccccc2)c2ccccc2-3)cc1. The highest BCUT2D eigenvalue weighted by atomic mass is 15.1. The first kappa shape index (κ1) is 31.5. The van der Waals surface area contributed by atoms with Crippen molar-refractivity contribution < 1.29 is 0 Å². The van der Waals surface area contributed by atoms with Gasteiger partial charge in [-0.2, -0.15) is 5.26 Å². The molecule has 3 heteroatoms. The molecule has 3 nitrogen and oxygen atoms in total. The fourth-order valence-electron chi connectivity index (χ4n) is 8.55. The van der Waals surface area contributed by atoms with Crippen LogP contribution in [0.25, 0.3) is 61.5 Å². The normalized spacial score (nSPS) is 12.6. The molecule has 8 aromatic carbocycles. The van der Waals surface area contributed by atoms with Gasteiger partial charge in [-0.15, -0.1) is 0 Å². The summed E-state index contributed by atoms with van der Waals surface area (Å²) < 4.78 is 2.24. The van der Waals surface area contributed by atoms with Crippen molar-refractivity contribution in [2.24, 2.45) is 0 Å². The van der Waals surface area contributed by atoms with Gasteiger partial charge in [0.1, 0.15) is 5.82 Å². The van der Waals surface area contributed by atoms with Crippen LogP contribution >= 0.6 is 0 Å².